The molecule has 7 rings (SSSR count). The Labute approximate surface area is 182 Å². The maximum absolute atomic E-state index is 14.0. The molecule has 0 saturated carbocycles. The Hall–Kier alpha value is -3.46. The van der Waals surface area contributed by atoms with Crippen molar-refractivity contribution in [3.63, 3.8) is 0 Å². The van der Waals surface area contributed by atoms with E-state index >= 15 is 0 Å². The second kappa shape index (κ2) is 6.52. The summed E-state index contributed by atoms with van der Waals surface area (Å²) in [5.41, 5.74) is 4.56. The van der Waals surface area contributed by atoms with Crippen LogP contribution in [-0.2, 0) is 21.5 Å². The normalized spacial score (nSPS) is 28.0. The van der Waals surface area contributed by atoms with Crippen molar-refractivity contribution in [2.75, 3.05) is 0 Å². The Bertz CT molecular complexity index is 1230. The Morgan fingerprint density at radius 1 is 0.871 bits per heavy atom. The van der Waals surface area contributed by atoms with E-state index in [-0.39, 0.29) is 23.7 Å². The van der Waals surface area contributed by atoms with Crippen LogP contribution in [0.15, 0.2) is 91.0 Å². The average Bonchev–Trinajstić information content (AvgIpc) is 3.03. The highest BCUT2D eigenvalue weighted by molar-refractivity contribution is 6.13. The van der Waals surface area contributed by atoms with E-state index in [0.717, 1.165) is 16.7 Å². The van der Waals surface area contributed by atoms with Gasteiger partial charge in [0, 0.05) is 11.8 Å². The van der Waals surface area contributed by atoms with E-state index in [1.54, 1.807) is 0 Å². The number of aryl methyl sites for hydroxylation is 1. The van der Waals surface area contributed by atoms with E-state index < -0.39 is 11.3 Å². The molecule has 0 unspecified atom stereocenters. The molecule has 3 heteroatoms. The summed E-state index contributed by atoms with van der Waals surface area (Å²) in [6.07, 6.45) is 4.20. The molecule has 0 N–H and O–H groups in total. The lowest BCUT2D eigenvalue weighted by molar-refractivity contribution is -0.140. The highest BCUT2D eigenvalue weighted by Crippen LogP contribution is 2.62. The number of carbonyl (C=O) groups excluding carboxylic acids is 2. The first-order valence-corrected chi connectivity index (χ1v) is 10.9. The van der Waals surface area contributed by atoms with Gasteiger partial charge < -0.3 is 0 Å². The van der Waals surface area contributed by atoms with Crippen LogP contribution in [-0.4, -0.2) is 16.7 Å². The van der Waals surface area contributed by atoms with Gasteiger partial charge >= 0.3 is 0 Å². The zero-order valence-electron chi connectivity index (χ0n) is 17.4. The molecule has 3 aromatic rings. The van der Waals surface area contributed by atoms with Crippen molar-refractivity contribution in [1.82, 2.24) is 4.90 Å². The van der Waals surface area contributed by atoms with E-state index in [1.807, 2.05) is 54.6 Å². The standard InChI is InChI=1S/C28H23NO2/c1-18-11-13-20(14-12-18)24-22-15-16-28(23-10-6-5-9-21(22)23)25(24)26(30)29(27(28)31)17-19-7-3-2-4-8-19/h2-16,22,24-25H,17H2,1H3/t22-,24-,25-,28-/m1/s1. The average molecular weight is 405 g/mol. The second-order valence-electron chi connectivity index (χ2n) is 8.97. The monoisotopic (exact) mass is 405 g/mol. The lowest BCUT2D eigenvalue weighted by Gasteiger charge is -2.48. The summed E-state index contributed by atoms with van der Waals surface area (Å²) in [4.78, 5) is 29.3. The number of hydrogen-bond acceptors (Lipinski definition) is 2. The maximum Gasteiger partial charge on any atom is 0.244 e. The Morgan fingerprint density at radius 2 is 1.58 bits per heavy atom. The van der Waals surface area contributed by atoms with Gasteiger partial charge in [-0.25, -0.2) is 0 Å². The lowest BCUT2D eigenvalue weighted by Crippen LogP contribution is -2.49. The van der Waals surface area contributed by atoms with Gasteiger partial charge in [-0.1, -0.05) is 96.6 Å². The molecular weight excluding hydrogens is 382 g/mol. The first-order valence-electron chi connectivity index (χ1n) is 10.9. The van der Waals surface area contributed by atoms with Crippen LogP contribution in [0.4, 0.5) is 0 Å². The molecule has 1 saturated heterocycles. The summed E-state index contributed by atoms with van der Waals surface area (Å²) in [5.74, 6) is -0.498. The number of likely N-dealkylation sites (tertiary alicyclic amines) is 1. The van der Waals surface area contributed by atoms with Crippen LogP contribution in [0.1, 0.15) is 39.7 Å². The molecule has 152 valence electrons. The van der Waals surface area contributed by atoms with Gasteiger partial charge in [0.05, 0.1) is 12.5 Å². The van der Waals surface area contributed by atoms with Gasteiger partial charge in [0.1, 0.15) is 5.41 Å². The Kier molecular flexibility index (Phi) is 3.85. The third-order valence-corrected chi connectivity index (χ3v) is 7.35. The van der Waals surface area contributed by atoms with Gasteiger partial charge in [-0.15, -0.1) is 0 Å². The van der Waals surface area contributed by atoms with Gasteiger partial charge in [-0.3, -0.25) is 14.5 Å². The minimum atomic E-state index is -0.910. The molecule has 1 fully saturated rings. The fraction of sp³-hybridized carbons (Fsp3) is 0.214. The van der Waals surface area contributed by atoms with Gasteiger partial charge in [0.15, 0.2) is 0 Å². The minimum Gasteiger partial charge on any atom is -0.277 e. The predicted octanol–water partition coefficient (Wildman–Crippen LogP) is 4.87. The summed E-state index contributed by atoms with van der Waals surface area (Å²) in [6, 6.07) is 26.4. The van der Waals surface area contributed by atoms with Gasteiger partial charge in [0.2, 0.25) is 11.8 Å². The number of amides is 2. The number of imide groups is 1. The smallest absolute Gasteiger partial charge is 0.244 e. The molecule has 3 nitrogen and oxygen atoms in total. The predicted molar refractivity (Wildman–Crippen MR) is 119 cm³/mol. The molecule has 4 atom stereocenters. The molecule has 1 spiro atoms. The molecule has 4 aliphatic rings. The summed E-state index contributed by atoms with van der Waals surface area (Å²) in [5, 5.41) is 0. The van der Waals surface area contributed by atoms with Gasteiger partial charge in [-0.05, 0) is 29.2 Å². The number of nitrogens with zero attached hydrogens (tertiary/aromatic N) is 1. The Balaban J connectivity index is 1.54. The van der Waals surface area contributed by atoms with E-state index in [4.69, 9.17) is 0 Å². The van der Waals surface area contributed by atoms with Crippen LogP contribution in [0.3, 0.4) is 0 Å². The van der Waals surface area contributed by atoms with Crippen LogP contribution in [0, 0.1) is 12.8 Å². The van der Waals surface area contributed by atoms with Crippen LogP contribution >= 0.6 is 0 Å². The van der Waals surface area contributed by atoms with Crippen molar-refractivity contribution in [2.24, 2.45) is 5.92 Å². The summed E-state index contributed by atoms with van der Waals surface area (Å²) in [7, 11) is 0. The summed E-state index contributed by atoms with van der Waals surface area (Å²) in [6.45, 7) is 2.39. The van der Waals surface area contributed by atoms with E-state index in [1.165, 1.54) is 16.0 Å². The fourth-order valence-electron chi connectivity index (χ4n) is 5.95. The lowest BCUT2D eigenvalue weighted by atomic mass is 9.51. The zero-order chi connectivity index (χ0) is 21.2. The first-order chi connectivity index (χ1) is 15.1. The van der Waals surface area contributed by atoms with Crippen molar-refractivity contribution in [3.05, 3.63) is 119 Å². The van der Waals surface area contributed by atoms with Gasteiger partial charge in [-0.2, -0.15) is 0 Å². The highest BCUT2D eigenvalue weighted by atomic mass is 16.2. The molecular formula is C28H23NO2. The van der Waals surface area contributed by atoms with E-state index in [0.29, 0.717) is 6.54 Å². The molecule has 3 aliphatic carbocycles. The molecule has 0 radical (unpaired) electrons. The molecule has 1 heterocycles. The number of hydrogen-bond donors (Lipinski definition) is 0. The molecule has 31 heavy (non-hydrogen) atoms. The first kappa shape index (κ1) is 18.3. The number of rotatable bonds is 3. The largest absolute Gasteiger partial charge is 0.277 e. The van der Waals surface area contributed by atoms with Crippen molar-refractivity contribution < 1.29 is 9.59 Å². The molecule has 0 aromatic heterocycles. The zero-order valence-corrected chi connectivity index (χ0v) is 17.4. The van der Waals surface area contributed by atoms with Crippen LogP contribution in [0.25, 0.3) is 0 Å². The van der Waals surface area contributed by atoms with Crippen LogP contribution in [0.5, 0.6) is 0 Å². The quantitative estimate of drug-likeness (QED) is 0.461. The fourth-order valence-corrected chi connectivity index (χ4v) is 5.95. The third-order valence-electron chi connectivity index (χ3n) is 7.35. The SMILES string of the molecule is Cc1ccc([C@@H]2[C@@H]3C=C[C@@]4(C(=O)N(Cc5ccccc5)C(=O)[C@@H]24)c2ccccc23)cc1. The minimum absolute atomic E-state index is 0.0438. The number of carbonyl (C=O) groups is 2. The second-order valence-corrected chi connectivity index (χ2v) is 8.97. The van der Waals surface area contributed by atoms with Crippen molar-refractivity contribution >= 4 is 11.8 Å². The number of allylic oxidation sites excluding steroid dienone is 1. The van der Waals surface area contributed by atoms with Crippen molar-refractivity contribution in [1.29, 1.82) is 0 Å². The number of benzene rings is 3. The van der Waals surface area contributed by atoms with Crippen molar-refractivity contribution in [2.45, 2.75) is 30.7 Å². The van der Waals surface area contributed by atoms with Crippen molar-refractivity contribution in [3.8, 4) is 0 Å². The van der Waals surface area contributed by atoms with Gasteiger partial charge in [0.25, 0.3) is 0 Å². The van der Waals surface area contributed by atoms with E-state index in [9.17, 15) is 9.59 Å². The van der Waals surface area contributed by atoms with Crippen LogP contribution < -0.4 is 0 Å². The highest BCUT2D eigenvalue weighted by Gasteiger charge is 2.67. The molecule has 3 aromatic carbocycles. The maximum atomic E-state index is 14.0. The molecule has 1 aliphatic heterocycles. The van der Waals surface area contributed by atoms with Crippen LogP contribution in [0.2, 0.25) is 0 Å². The third kappa shape index (κ3) is 2.40. The topological polar surface area (TPSA) is 37.4 Å². The summed E-state index contributed by atoms with van der Waals surface area (Å²) >= 11 is 0. The molecule has 2 bridgehead atoms. The Morgan fingerprint density at radius 3 is 2.35 bits per heavy atom. The molecule has 2 amide bonds. The van der Waals surface area contributed by atoms with E-state index in [2.05, 4.69) is 43.3 Å². The summed E-state index contributed by atoms with van der Waals surface area (Å²) < 4.78 is 0.